The number of carbonyl (C=O) groups is 2. The first kappa shape index (κ1) is 80.6. The fourth-order valence-corrected chi connectivity index (χ4v) is 12.3. The number of carbonyl (C=O) groups excluding carboxylic acids is 2. The van der Waals surface area contributed by atoms with Crippen LogP contribution in [0.2, 0.25) is 0 Å². The molecule has 488 valence electrons. The van der Waals surface area contributed by atoms with Gasteiger partial charge in [0.25, 0.3) is 0 Å². The van der Waals surface area contributed by atoms with Crippen molar-refractivity contribution in [3.8, 4) is 0 Å². The van der Waals surface area contributed by atoms with Crippen molar-refractivity contribution in [3.63, 3.8) is 0 Å². The maximum atomic E-state index is 12.5. The first-order chi connectivity index (χ1) is 40.5. The number of ether oxygens (including phenoxy) is 1. The minimum Gasteiger partial charge on any atom is -0.466 e. The zero-order valence-corrected chi connectivity index (χ0v) is 56.0. The monoisotopic (exact) mass is 1160 g/mol. The second-order valence-corrected chi connectivity index (χ2v) is 26.3. The Bertz CT molecular complexity index is 1240. The number of allylic oxidation sites excluding steroid dienone is 2. The van der Waals surface area contributed by atoms with Crippen LogP contribution in [0.15, 0.2) is 12.2 Å². The first-order valence-electron chi connectivity index (χ1n) is 37.9. The Labute approximate surface area is 514 Å². The van der Waals surface area contributed by atoms with Crippen LogP contribution in [0.5, 0.6) is 0 Å². The third-order valence-corrected chi connectivity index (χ3v) is 18.1. The van der Waals surface area contributed by atoms with Gasteiger partial charge < -0.3 is 20.3 Å². The van der Waals surface area contributed by atoms with Gasteiger partial charge in [-0.25, -0.2) is 0 Å². The van der Waals surface area contributed by atoms with Crippen LogP contribution in [0.25, 0.3) is 0 Å². The predicted molar refractivity (Wildman–Crippen MR) is 361 cm³/mol. The molecule has 0 aromatic heterocycles. The van der Waals surface area contributed by atoms with Gasteiger partial charge in [-0.3, -0.25) is 9.59 Å². The Morgan fingerprint density at radius 2 is 0.573 bits per heavy atom. The van der Waals surface area contributed by atoms with E-state index in [0.29, 0.717) is 25.9 Å². The molecule has 2 atom stereocenters. The van der Waals surface area contributed by atoms with Gasteiger partial charge in [0.05, 0.1) is 25.4 Å². The van der Waals surface area contributed by atoms with Gasteiger partial charge in [0.2, 0.25) is 5.91 Å². The van der Waals surface area contributed by atoms with Crippen LogP contribution < -0.4 is 5.32 Å². The molecule has 0 fully saturated rings. The summed E-state index contributed by atoms with van der Waals surface area (Å²) in [5, 5.41) is 23.3. The molecule has 6 heteroatoms. The van der Waals surface area contributed by atoms with E-state index in [1.54, 1.807) is 0 Å². The summed E-state index contributed by atoms with van der Waals surface area (Å²) in [6, 6.07) is -0.538. The fourth-order valence-electron chi connectivity index (χ4n) is 12.3. The molecule has 0 aliphatic carbocycles. The predicted octanol–water partition coefficient (Wildman–Crippen LogP) is 24.7. The van der Waals surface area contributed by atoms with Gasteiger partial charge in [0, 0.05) is 12.8 Å². The summed E-state index contributed by atoms with van der Waals surface area (Å²) in [5.74, 6) is -0.00442. The Morgan fingerprint density at radius 1 is 0.329 bits per heavy atom. The van der Waals surface area contributed by atoms with E-state index in [0.717, 1.165) is 38.5 Å². The largest absolute Gasteiger partial charge is 0.466 e. The summed E-state index contributed by atoms with van der Waals surface area (Å²) in [6.45, 7) is 5.00. The highest BCUT2D eigenvalue weighted by Gasteiger charge is 2.20. The lowest BCUT2D eigenvalue weighted by Crippen LogP contribution is -2.45. The average Bonchev–Trinajstić information content (AvgIpc) is 3.48. The van der Waals surface area contributed by atoms with Gasteiger partial charge in [0.1, 0.15) is 0 Å². The minimum absolute atomic E-state index is 0.0242. The maximum absolute atomic E-state index is 12.5. The Morgan fingerprint density at radius 3 is 0.866 bits per heavy atom. The number of aliphatic hydroxyl groups excluding tert-OH is 2. The van der Waals surface area contributed by atoms with Crippen molar-refractivity contribution in [2.45, 2.75) is 450 Å². The number of rotatable bonds is 72. The van der Waals surface area contributed by atoms with E-state index < -0.39 is 12.1 Å². The van der Waals surface area contributed by atoms with Crippen LogP contribution in [0.3, 0.4) is 0 Å². The topological polar surface area (TPSA) is 95.9 Å². The molecule has 0 bridgehead atoms. The Hall–Kier alpha value is -1.40. The third-order valence-electron chi connectivity index (χ3n) is 18.1. The van der Waals surface area contributed by atoms with E-state index >= 15 is 0 Å². The lowest BCUT2D eigenvalue weighted by molar-refractivity contribution is -0.143. The van der Waals surface area contributed by atoms with Crippen molar-refractivity contribution in [2.75, 3.05) is 13.2 Å². The van der Waals surface area contributed by atoms with Crippen molar-refractivity contribution in [2.24, 2.45) is 0 Å². The SMILES string of the molecule is CCCCCCCCCCCCCCCCCCCCC(=O)OCCCCCCCCCCCCCC/C=C\CCCCCCCCCCCCCCCCCCCC(=O)NC(CO)C(O)CCCCCCCCCCCCCCCC. The molecular weight excluding hydrogens is 1010 g/mol. The van der Waals surface area contributed by atoms with Gasteiger partial charge in [-0.1, -0.05) is 386 Å². The van der Waals surface area contributed by atoms with Crippen molar-refractivity contribution < 1.29 is 24.5 Å². The zero-order chi connectivity index (χ0) is 59.2. The molecule has 1 amide bonds. The Balaban J connectivity index is 3.32. The smallest absolute Gasteiger partial charge is 0.305 e. The number of nitrogens with one attached hydrogen (secondary N) is 1. The lowest BCUT2D eigenvalue weighted by Gasteiger charge is -2.22. The fraction of sp³-hybridized carbons (Fsp3) is 0.947. The molecular formula is C76H149NO5. The second kappa shape index (κ2) is 72.1. The van der Waals surface area contributed by atoms with Crippen LogP contribution in [-0.2, 0) is 14.3 Å². The van der Waals surface area contributed by atoms with Crippen LogP contribution in [-0.4, -0.2) is 47.4 Å². The molecule has 0 aromatic rings. The van der Waals surface area contributed by atoms with E-state index in [4.69, 9.17) is 4.74 Å². The van der Waals surface area contributed by atoms with Crippen molar-refractivity contribution in [3.05, 3.63) is 12.2 Å². The molecule has 6 nitrogen and oxygen atoms in total. The molecule has 0 rings (SSSR count). The van der Waals surface area contributed by atoms with Gasteiger partial charge >= 0.3 is 5.97 Å². The van der Waals surface area contributed by atoms with E-state index in [9.17, 15) is 19.8 Å². The molecule has 2 unspecified atom stereocenters. The summed E-state index contributed by atoms with van der Waals surface area (Å²) in [4.78, 5) is 24.6. The van der Waals surface area contributed by atoms with E-state index in [1.165, 1.54) is 366 Å². The molecule has 0 aliphatic rings. The summed E-state index contributed by atoms with van der Waals surface area (Å²) < 4.78 is 5.52. The van der Waals surface area contributed by atoms with Gasteiger partial charge in [-0.15, -0.1) is 0 Å². The average molecular weight is 1160 g/mol. The standard InChI is InChI=1S/C76H149NO5/c1-3-5-7-9-11-13-15-17-19-20-39-42-46-50-54-58-62-66-70-76(81)82-71-67-63-59-55-51-47-43-40-37-35-33-31-29-27-25-23-21-22-24-26-28-30-32-34-36-38-41-45-49-53-57-61-65-69-75(80)77-73(72-78)74(79)68-64-60-56-52-48-44-18-16-14-12-10-8-6-4-2/h25,27,73-74,78-79H,3-24,26,28-72H2,1-2H3,(H,77,80)/b27-25-. The quantitative estimate of drug-likeness (QED) is 0.0320. The lowest BCUT2D eigenvalue weighted by atomic mass is 10.0. The third kappa shape index (κ3) is 67.7. The van der Waals surface area contributed by atoms with Gasteiger partial charge in [-0.05, 0) is 51.4 Å². The number of esters is 1. The minimum atomic E-state index is -0.661. The molecule has 0 aromatic carbocycles. The Kier molecular flexibility index (Phi) is 70.8. The highest BCUT2D eigenvalue weighted by atomic mass is 16.5. The molecule has 0 heterocycles. The van der Waals surface area contributed by atoms with Crippen molar-refractivity contribution >= 4 is 11.9 Å². The van der Waals surface area contributed by atoms with Crippen LogP contribution in [0, 0.1) is 0 Å². The zero-order valence-electron chi connectivity index (χ0n) is 56.0. The molecule has 3 N–H and O–H groups in total. The highest BCUT2D eigenvalue weighted by Crippen LogP contribution is 2.20. The normalized spacial score (nSPS) is 12.5. The van der Waals surface area contributed by atoms with Crippen LogP contribution in [0.4, 0.5) is 0 Å². The highest BCUT2D eigenvalue weighted by molar-refractivity contribution is 5.76. The second-order valence-electron chi connectivity index (χ2n) is 26.3. The molecule has 0 saturated carbocycles. The van der Waals surface area contributed by atoms with Crippen molar-refractivity contribution in [1.29, 1.82) is 0 Å². The van der Waals surface area contributed by atoms with Gasteiger partial charge in [-0.2, -0.15) is 0 Å². The van der Waals surface area contributed by atoms with Crippen molar-refractivity contribution in [1.82, 2.24) is 5.32 Å². The maximum Gasteiger partial charge on any atom is 0.305 e. The summed E-state index contributed by atoms with van der Waals surface area (Å²) >= 11 is 0. The molecule has 82 heavy (non-hydrogen) atoms. The van der Waals surface area contributed by atoms with E-state index in [-0.39, 0.29) is 18.5 Å². The first-order valence-corrected chi connectivity index (χ1v) is 37.9. The summed E-state index contributed by atoms with van der Waals surface area (Å²) in [6.07, 6.45) is 90.1. The molecule has 0 spiro atoms. The van der Waals surface area contributed by atoms with E-state index in [1.807, 2.05) is 0 Å². The molecule has 0 radical (unpaired) electrons. The molecule has 0 saturated heterocycles. The van der Waals surface area contributed by atoms with E-state index in [2.05, 4.69) is 31.3 Å². The number of amides is 1. The van der Waals surface area contributed by atoms with Crippen LogP contribution in [0.1, 0.15) is 438 Å². The summed E-state index contributed by atoms with van der Waals surface area (Å²) in [5.41, 5.74) is 0. The molecule has 0 aliphatic heterocycles. The number of unbranched alkanes of at least 4 members (excludes halogenated alkanes) is 59. The number of hydrogen-bond donors (Lipinski definition) is 3. The van der Waals surface area contributed by atoms with Gasteiger partial charge in [0.15, 0.2) is 0 Å². The number of aliphatic hydroxyl groups is 2. The summed E-state index contributed by atoms with van der Waals surface area (Å²) in [7, 11) is 0. The van der Waals surface area contributed by atoms with Crippen LogP contribution >= 0.6 is 0 Å². The number of hydrogen-bond acceptors (Lipinski definition) is 5.